The molecule has 7 heteroatoms. The van der Waals surface area contributed by atoms with E-state index in [0.717, 1.165) is 10.0 Å². The lowest BCUT2D eigenvalue weighted by Gasteiger charge is -2.13. The Balaban J connectivity index is 2.00. The number of ether oxygens (including phenoxy) is 1. The standard InChI is InChI=1S/C18H16BrClN2O2S/c1-24-8-7-22-17(23)15-6-5-14(20)10-16(15)21-18(22)25-11-12-3-2-4-13(19)9-12/h2-6,9-10H,7-8,11H2,1H3. The molecule has 4 nitrogen and oxygen atoms in total. The van der Waals surface area contributed by atoms with Crippen molar-refractivity contribution in [2.75, 3.05) is 13.7 Å². The molecule has 2 aromatic carbocycles. The van der Waals surface area contributed by atoms with Crippen molar-refractivity contribution in [3.63, 3.8) is 0 Å². The van der Waals surface area contributed by atoms with Gasteiger partial charge in [-0.25, -0.2) is 4.98 Å². The highest BCUT2D eigenvalue weighted by atomic mass is 79.9. The van der Waals surface area contributed by atoms with E-state index in [2.05, 4.69) is 27.0 Å². The third-order valence-corrected chi connectivity index (χ3v) is 5.43. The van der Waals surface area contributed by atoms with E-state index in [9.17, 15) is 4.79 Å². The zero-order valence-corrected chi connectivity index (χ0v) is 16.7. The zero-order chi connectivity index (χ0) is 17.8. The number of aromatic nitrogens is 2. The molecule has 0 saturated heterocycles. The third kappa shape index (κ3) is 4.44. The van der Waals surface area contributed by atoms with Gasteiger partial charge < -0.3 is 4.74 Å². The molecule has 1 heterocycles. The van der Waals surface area contributed by atoms with E-state index in [0.29, 0.717) is 40.0 Å². The van der Waals surface area contributed by atoms with Gasteiger partial charge in [-0.3, -0.25) is 9.36 Å². The highest BCUT2D eigenvalue weighted by Crippen LogP contribution is 2.24. The van der Waals surface area contributed by atoms with Gasteiger partial charge in [0.05, 0.1) is 24.1 Å². The SMILES string of the molecule is COCCn1c(SCc2cccc(Br)c2)nc2cc(Cl)ccc2c1=O. The first-order valence-electron chi connectivity index (χ1n) is 7.65. The number of benzene rings is 2. The summed E-state index contributed by atoms with van der Waals surface area (Å²) in [4.78, 5) is 17.5. The van der Waals surface area contributed by atoms with E-state index in [1.54, 1.807) is 29.9 Å². The first-order valence-corrected chi connectivity index (χ1v) is 9.80. The lowest BCUT2D eigenvalue weighted by Crippen LogP contribution is -2.25. The molecule has 0 spiro atoms. The fourth-order valence-electron chi connectivity index (χ4n) is 2.44. The maximum atomic E-state index is 12.8. The van der Waals surface area contributed by atoms with E-state index >= 15 is 0 Å². The summed E-state index contributed by atoms with van der Waals surface area (Å²) in [5, 5.41) is 1.79. The van der Waals surface area contributed by atoms with Crippen LogP contribution in [0.3, 0.4) is 0 Å². The van der Waals surface area contributed by atoms with Crippen LogP contribution in [0.1, 0.15) is 5.56 Å². The van der Waals surface area contributed by atoms with Crippen LogP contribution in [0, 0.1) is 0 Å². The second-order valence-corrected chi connectivity index (χ2v) is 7.72. The van der Waals surface area contributed by atoms with Gasteiger partial charge in [0.1, 0.15) is 0 Å². The van der Waals surface area contributed by atoms with Crippen LogP contribution in [0.25, 0.3) is 10.9 Å². The molecule has 0 fully saturated rings. The highest BCUT2D eigenvalue weighted by Gasteiger charge is 2.12. The topological polar surface area (TPSA) is 44.1 Å². The lowest BCUT2D eigenvalue weighted by atomic mass is 10.2. The van der Waals surface area contributed by atoms with Gasteiger partial charge in [0.25, 0.3) is 5.56 Å². The summed E-state index contributed by atoms with van der Waals surface area (Å²) in [5.41, 5.74) is 1.69. The van der Waals surface area contributed by atoms with Gasteiger partial charge in [-0.05, 0) is 35.9 Å². The predicted octanol–water partition coefficient (Wildman–Crippen LogP) is 4.75. The molecular formula is C18H16BrClN2O2S. The first-order chi connectivity index (χ1) is 12.1. The van der Waals surface area contributed by atoms with Crippen LogP contribution in [-0.4, -0.2) is 23.3 Å². The summed E-state index contributed by atoms with van der Waals surface area (Å²) in [6, 6.07) is 13.2. The van der Waals surface area contributed by atoms with Crippen LogP contribution in [-0.2, 0) is 17.0 Å². The lowest BCUT2D eigenvalue weighted by molar-refractivity contribution is 0.183. The number of nitrogens with zero attached hydrogens (tertiary/aromatic N) is 2. The molecule has 1 aromatic heterocycles. The van der Waals surface area contributed by atoms with Gasteiger partial charge in [0.15, 0.2) is 5.16 Å². The minimum absolute atomic E-state index is 0.0736. The number of methoxy groups -OCH3 is 1. The summed E-state index contributed by atoms with van der Waals surface area (Å²) in [6.45, 7) is 0.910. The zero-order valence-electron chi connectivity index (χ0n) is 13.5. The van der Waals surface area contributed by atoms with Gasteiger partial charge in [0.2, 0.25) is 0 Å². The second-order valence-electron chi connectivity index (χ2n) is 5.42. The van der Waals surface area contributed by atoms with Crippen molar-refractivity contribution in [3.05, 3.63) is 67.9 Å². The van der Waals surface area contributed by atoms with Gasteiger partial charge >= 0.3 is 0 Å². The van der Waals surface area contributed by atoms with Crippen molar-refractivity contribution >= 4 is 50.2 Å². The maximum Gasteiger partial charge on any atom is 0.262 e. The molecule has 0 N–H and O–H groups in total. The van der Waals surface area contributed by atoms with Crippen LogP contribution in [0.5, 0.6) is 0 Å². The minimum atomic E-state index is -0.0736. The largest absolute Gasteiger partial charge is 0.383 e. The molecule has 0 unspecified atom stereocenters. The van der Waals surface area contributed by atoms with Crippen molar-refractivity contribution in [2.45, 2.75) is 17.5 Å². The van der Waals surface area contributed by atoms with Crippen LogP contribution < -0.4 is 5.56 Å². The summed E-state index contributed by atoms with van der Waals surface area (Å²) < 4.78 is 7.84. The summed E-state index contributed by atoms with van der Waals surface area (Å²) >= 11 is 11.1. The number of thioether (sulfide) groups is 1. The molecule has 3 rings (SSSR count). The van der Waals surface area contributed by atoms with Crippen molar-refractivity contribution in [3.8, 4) is 0 Å². The minimum Gasteiger partial charge on any atom is -0.383 e. The Labute approximate surface area is 163 Å². The number of halogens is 2. The van der Waals surface area contributed by atoms with Gasteiger partial charge in [-0.2, -0.15) is 0 Å². The highest BCUT2D eigenvalue weighted by molar-refractivity contribution is 9.10. The Hall–Kier alpha value is -1.34. The van der Waals surface area contributed by atoms with Crippen molar-refractivity contribution in [1.82, 2.24) is 9.55 Å². The molecule has 0 amide bonds. The Morgan fingerprint density at radius 1 is 1.28 bits per heavy atom. The molecule has 0 saturated carbocycles. The van der Waals surface area contributed by atoms with E-state index in [-0.39, 0.29) is 5.56 Å². The normalized spacial score (nSPS) is 11.2. The first kappa shape index (κ1) is 18.5. The number of hydrogen-bond donors (Lipinski definition) is 0. The Morgan fingerprint density at radius 3 is 2.88 bits per heavy atom. The summed E-state index contributed by atoms with van der Waals surface area (Å²) in [5.74, 6) is 0.713. The molecule has 130 valence electrons. The molecule has 0 bridgehead atoms. The smallest absolute Gasteiger partial charge is 0.262 e. The van der Waals surface area contributed by atoms with Crippen LogP contribution in [0.4, 0.5) is 0 Å². The van der Waals surface area contributed by atoms with Crippen LogP contribution in [0.15, 0.2) is 56.9 Å². The molecular weight excluding hydrogens is 424 g/mol. The second kappa shape index (κ2) is 8.36. The Bertz CT molecular complexity index is 961. The summed E-state index contributed by atoms with van der Waals surface area (Å²) in [7, 11) is 1.62. The molecule has 0 aliphatic rings. The quantitative estimate of drug-likeness (QED) is 0.411. The molecule has 3 aromatic rings. The van der Waals surface area contributed by atoms with E-state index < -0.39 is 0 Å². The van der Waals surface area contributed by atoms with E-state index in [1.807, 2.05) is 18.2 Å². The van der Waals surface area contributed by atoms with Crippen molar-refractivity contribution in [2.24, 2.45) is 0 Å². The Morgan fingerprint density at radius 2 is 2.12 bits per heavy atom. The monoisotopic (exact) mass is 438 g/mol. The molecule has 0 aliphatic carbocycles. The molecule has 0 aliphatic heterocycles. The van der Waals surface area contributed by atoms with Crippen LogP contribution in [0.2, 0.25) is 5.02 Å². The van der Waals surface area contributed by atoms with Crippen LogP contribution >= 0.6 is 39.3 Å². The number of fused-ring (bicyclic) bond motifs is 1. The number of rotatable bonds is 6. The van der Waals surface area contributed by atoms with Crippen molar-refractivity contribution in [1.29, 1.82) is 0 Å². The summed E-state index contributed by atoms with van der Waals surface area (Å²) in [6.07, 6.45) is 0. The molecule has 0 atom stereocenters. The van der Waals surface area contributed by atoms with Gasteiger partial charge in [-0.1, -0.05) is 51.4 Å². The number of hydrogen-bond acceptors (Lipinski definition) is 4. The van der Waals surface area contributed by atoms with E-state index in [4.69, 9.17) is 16.3 Å². The van der Waals surface area contributed by atoms with Gasteiger partial charge in [-0.15, -0.1) is 0 Å². The fourth-order valence-corrected chi connectivity index (χ4v) is 4.02. The average Bonchev–Trinajstić information content (AvgIpc) is 2.59. The van der Waals surface area contributed by atoms with E-state index in [1.165, 1.54) is 11.8 Å². The predicted molar refractivity (Wildman–Crippen MR) is 107 cm³/mol. The molecule has 25 heavy (non-hydrogen) atoms. The third-order valence-electron chi connectivity index (χ3n) is 3.66. The average molecular weight is 440 g/mol. The van der Waals surface area contributed by atoms with Gasteiger partial charge in [0, 0.05) is 22.4 Å². The van der Waals surface area contributed by atoms with Crippen molar-refractivity contribution < 1.29 is 4.74 Å². The maximum absolute atomic E-state index is 12.8. The fraction of sp³-hybridized carbons (Fsp3) is 0.222. The molecule has 0 radical (unpaired) electrons. The Kier molecular flexibility index (Phi) is 6.17.